The quantitative estimate of drug-likeness (QED) is 0.493. The number of amides is 2. The topological polar surface area (TPSA) is 159 Å². The van der Waals surface area contributed by atoms with Crippen molar-refractivity contribution >= 4 is 28.9 Å². The fourth-order valence-electron chi connectivity index (χ4n) is 3.74. The molecule has 1 aromatic carbocycles. The van der Waals surface area contributed by atoms with Crippen LogP contribution in [0, 0.1) is 0 Å². The summed E-state index contributed by atoms with van der Waals surface area (Å²) in [5, 5.41) is 14.2. The number of carbonyl (C=O) groups is 2. The van der Waals surface area contributed by atoms with Crippen LogP contribution in [0.25, 0.3) is 11.0 Å². The molecule has 1 aliphatic carbocycles. The minimum atomic E-state index is -0.652. The minimum Gasteiger partial charge on any atom is -0.444 e. The lowest BCUT2D eigenvalue weighted by Crippen LogP contribution is -2.42. The molecule has 0 spiro atoms. The molecule has 2 amide bonds. The highest BCUT2D eigenvalue weighted by molar-refractivity contribution is 5.97. The molecule has 0 saturated heterocycles. The highest BCUT2D eigenvalue weighted by atomic mass is 16.7. The number of nitrogens with zero attached hydrogens (tertiary/aromatic N) is 5. The molecule has 2 aromatic heterocycles. The first-order valence-electron chi connectivity index (χ1n) is 11.1. The molecule has 3 aromatic rings. The summed E-state index contributed by atoms with van der Waals surface area (Å²) in [5.74, 6) is -0.369. The van der Waals surface area contributed by atoms with Crippen LogP contribution in [0.1, 0.15) is 56.8 Å². The van der Waals surface area contributed by atoms with E-state index < -0.39 is 17.6 Å². The van der Waals surface area contributed by atoms with Crippen molar-refractivity contribution in [2.45, 2.75) is 64.1 Å². The predicted molar refractivity (Wildman–Crippen MR) is 123 cm³/mol. The van der Waals surface area contributed by atoms with E-state index in [0.717, 1.165) is 25.7 Å². The molecule has 1 fully saturated rings. The molecule has 0 atom stereocenters. The third-order valence-electron chi connectivity index (χ3n) is 5.31. The van der Waals surface area contributed by atoms with Crippen LogP contribution in [0.15, 0.2) is 30.5 Å². The molecule has 1 saturated carbocycles. The van der Waals surface area contributed by atoms with E-state index in [0.29, 0.717) is 11.0 Å². The van der Waals surface area contributed by atoms with Crippen LogP contribution in [-0.2, 0) is 4.74 Å². The number of rotatable bonds is 6. The monoisotopic (exact) mass is 468 g/mol. The number of ether oxygens (including phenoxy) is 1. The van der Waals surface area contributed by atoms with Crippen LogP contribution in [0.3, 0.4) is 0 Å². The Hall–Kier alpha value is -3.96. The third kappa shape index (κ3) is 5.69. The maximum Gasteiger partial charge on any atom is 0.407 e. The van der Waals surface area contributed by atoms with Crippen molar-refractivity contribution in [1.29, 1.82) is 0 Å². The number of nitrogens with one attached hydrogen (secondary N) is 2. The summed E-state index contributed by atoms with van der Waals surface area (Å²) in [6, 6.07) is 7.33. The second kappa shape index (κ2) is 9.49. The van der Waals surface area contributed by atoms with Crippen molar-refractivity contribution in [3.05, 3.63) is 36.0 Å². The van der Waals surface area contributed by atoms with Crippen LogP contribution in [0.4, 0.5) is 10.6 Å². The molecule has 12 nitrogen and oxygen atoms in total. The molecular weight excluding hydrogens is 440 g/mol. The van der Waals surface area contributed by atoms with E-state index in [1.165, 1.54) is 11.0 Å². The number of alkyl carbamates (subject to hydrolysis) is 1. The molecule has 0 radical (unpaired) electrons. The number of primary amides is 1. The molecule has 0 unspecified atom stereocenters. The first-order chi connectivity index (χ1) is 16.2. The molecule has 12 heteroatoms. The Kier molecular flexibility index (Phi) is 6.48. The molecule has 4 rings (SSSR count). The van der Waals surface area contributed by atoms with Gasteiger partial charge >= 0.3 is 12.1 Å². The van der Waals surface area contributed by atoms with Gasteiger partial charge in [0.15, 0.2) is 0 Å². The standard InChI is InChI=1S/C22H28N8O4/c1-22(2,3)33-21(32)26-14-10-8-13(9-11-14)25-19-15(18(23)31)12-24-20(27-19)34-30-17-7-5-4-6-16(17)28-29-30/h4-7,12-14H,8-11H2,1-3H3,(H2,23,31)(H,26,32)(H,24,25,27). The van der Waals surface area contributed by atoms with Gasteiger partial charge in [-0.05, 0) is 63.8 Å². The summed E-state index contributed by atoms with van der Waals surface area (Å²) >= 11 is 0. The molecule has 2 heterocycles. The fourth-order valence-corrected chi connectivity index (χ4v) is 3.74. The van der Waals surface area contributed by atoms with Gasteiger partial charge in [0.2, 0.25) is 0 Å². The number of hydrogen-bond acceptors (Lipinski definition) is 9. The Morgan fingerprint density at radius 1 is 1.12 bits per heavy atom. The van der Waals surface area contributed by atoms with Crippen LogP contribution in [-0.4, -0.2) is 54.8 Å². The first-order valence-corrected chi connectivity index (χ1v) is 11.1. The summed E-state index contributed by atoms with van der Waals surface area (Å²) in [5.41, 5.74) is 6.44. The van der Waals surface area contributed by atoms with Crippen molar-refractivity contribution in [1.82, 2.24) is 30.4 Å². The van der Waals surface area contributed by atoms with E-state index >= 15 is 0 Å². The SMILES string of the molecule is CC(C)(C)OC(=O)NC1CCC(Nc2nc(On3nnc4ccccc43)ncc2C(N)=O)CC1. The Morgan fingerprint density at radius 3 is 2.53 bits per heavy atom. The largest absolute Gasteiger partial charge is 0.444 e. The van der Waals surface area contributed by atoms with E-state index in [9.17, 15) is 9.59 Å². The minimum absolute atomic E-state index is 0.0107. The Balaban J connectivity index is 1.41. The number of benzene rings is 1. The van der Waals surface area contributed by atoms with E-state index in [1.807, 2.05) is 32.9 Å². The number of hydrogen-bond donors (Lipinski definition) is 3. The summed E-state index contributed by atoms with van der Waals surface area (Å²) in [6.45, 7) is 5.48. The smallest absolute Gasteiger partial charge is 0.407 e. The molecule has 0 bridgehead atoms. The lowest BCUT2D eigenvalue weighted by molar-refractivity contribution is 0.0491. The van der Waals surface area contributed by atoms with Crippen molar-refractivity contribution in [3.8, 4) is 6.01 Å². The van der Waals surface area contributed by atoms with Crippen molar-refractivity contribution in [3.63, 3.8) is 0 Å². The molecule has 180 valence electrons. The molecule has 1 aliphatic rings. The number of fused-ring (bicyclic) bond motifs is 1. The van der Waals surface area contributed by atoms with Crippen LogP contribution >= 0.6 is 0 Å². The zero-order valence-electron chi connectivity index (χ0n) is 19.3. The fraction of sp³-hybridized carbons (Fsp3) is 0.455. The van der Waals surface area contributed by atoms with Crippen molar-refractivity contribution < 1.29 is 19.2 Å². The lowest BCUT2D eigenvalue weighted by atomic mass is 9.91. The van der Waals surface area contributed by atoms with Gasteiger partial charge in [0.05, 0.1) is 0 Å². The number of para-hydroxylation sites is 1. The highest BCUT2D eigenvalue weighted by Crippen LogP contribution is 2.24. The highest BCUT2D eigenvalue weighted by Gasteiger charge is 2.26. The number of nitrogens with two attached hydrogens (primary N) is 1. The van der Waals surface area contributed by atoms with E-state index in [-0.39, 0.29) is 29.5 Å². The zero-order valence-corrected chi connectivity index (χ0v) is 19.3. The summed E-state index contributed by atoms with van der Waals surface area (Å²) < 4.78 is 5.33. The maximum absolute atomic E-state index is 12.0. The number of carbonyl (C=O) groups excluding carboxylic acids is 2. The van der Waals surface area contributed by atoms with Crippen molar-refractivity contribution in [2.75, 3.05) is 5.32 Å². The van der Waals surface area contributed by atoms with E-state index in [1.54, 1.807) is 12.1 Å². The van der Waals surface area contributed by atoms with Crippen LogP contribution < -0.4 is 21.2 Å². The van der Waals surface area contributed by atoms with Crippen LogP contribution in [0.2, 0.25) is 0 Å². The predicted octanol–water partition coefficient (Wildman–Crippen LogP) is 2.41. The Bertz CT molecular complexity index is 1180. The molecule has 4 N–H and O–H groups in total. The average Bonchev–Trinajstić information content (AvgIpc) is 3.17. The second-order valence-electron chi connectivity index (χ2n) is 9.16. The second-order valence-corrected chi connectivity index (χ2v) is 9.16. The van der Waals surface area contributed by atoms with Gasteiger partial charge in [-0.2, -0.15) is 4.98 Å². The van der Waals surface area contributed by atoms with Gasteiger partial charge < -0.3 is 25.9 Å². The molecule has 0 aliphatic heterocycles. The van der Waals surface area contributed by atoms with Gasteiger partial charge in [-0.25, -0.2) is 9.78 Å². The van der Waals surface area contributed by atoms with Crippen molar-refractivity contribution in [2.24, 2.45) is 5.73 Å². The van der Waals surface area contributed by atoms with Crippen LogP contribution in [0.5, 0.6) is 6.01 Å². The Labute approximate surface area is 196 Å². The number of aromatic nitrogens is 5. The van der Waals surface area contributed by atoms with Gasteiger partial charge in [-0.3, -0.25) is 4.79 Å². The lowest BCUT2D eigenvalue weighted by Gasteiger charge is -2.31. The van der Waals surface area contributed by atoms with Gasteiger partial charge in [0, 0.05) is 18.3 Å². The first kappa shape index (κ1) is 23.2. The van der Waals surface area contributed by atoms with Gasteiger partial charge in [0.1, 0.15) is 28.0 Å². The summed E-state index contributed by atoms with van der Waals surface area (Å²) in [4.78, 5) is 39.3. The maximum atomic E-state index is 12.0. The molecular formula is C22H28N8O4. The van der Waals surface area contributed by atoms with Gasteiger partial charge in [-0.1, -0.05) is 17.0 Å². The molecule has 34 heavy (non-hydrogen) atoms. The third-order valence-corrected chi connectivity index (χ3v) is 5.31. The summed E-state index contributed by atoms with van der Waals surface area (Å²) in [6.07, 6.45) is 3.92. The summed E-state index contributed by atoms with van der Waals surface area (Å²) in [7, 11) is 0. The van der Waals surface area contributed by atoms with Gasteiger partial charge in [-0.15, -0.1) is 5.10 Å². The zero-order chi connectivity index (χ0) is 24.3. The Morgan fingerprint density at radius 2 is 1.82 bits per heavy atom. The number of anilines is 1. The van der Waals surface area contributed by atoms with Gasteiger partial charge in [0.25, 0.3) is 5.91 Å². The van der Waals surface area contributed by atoms with E-state index in [4.69, 9.17) is 15.3 Å². The average molecular weight is 469 g/mol. The van der Waals surface area contributed by atoms with E-state index in [2.05, 4.69) is 30.9 Å². The normalized spacial score (nSPS) is 18.3.